The van der Waals surface area contributed by atoms with Crippen molar-refractivity contribution in [2.24, 2.45) is 10.9 Å². The van der Waals surface area contributed by atoms with Crippen molar-refractivity contribution < 1.29 is 5.21 Å². The molecular weight excluding hydrogens is 296 g/mol. The third-order valence-electron chi connectivity index (χ3n) is 2.60. The zero-order chi connectivity index (χ0) is 13.0. The second-order valence-corrected chi connectivity index (χ2v) is 4.78. The average Bonchev–Trinajstić information content (AvgIpc) is 2.83. The molecule has 94 valence electrons. The minimum absolute atomic E-state index is 0.0894. The monoisotopic (exact) mass is 308 g/mol. The molecule has 0 saturated carbocycles. The van der Waals surface area contributed by atoms with Crippen molar-refractivity contribution in [1.82, 2.24) is 9.78 Å². The third-order valence-corrected chi connectivity index (χ3v) is 3.01. The molecule has 6 heteroatoms. The summed E-state index contributed by atoms with van der Waals surface area (Å²) >= 11 is 3.36. The van der Waals surface area contributed by atoms with E-state index in [2.05, 4.69) is 26.2 Å². The van der Waals surface area contributed by atoms with Crippen LogP contribution < -0.4 is 5.73 Å². The van der Waals surface area contributed by atoms with Gasteiger partial charge in [0.25, 0.3) is 0 Å². The van der Waals surface area contributed by atoms with Gasteiger partial charge < -0.3 is 10.9 Å². The Hall–Kier alpha value is -1.82. The Morgan fingerprint density at radius 3 is 2.72 bits per heavy atom. The Bertz CT molecular complexity index is 538. The first-order chi connectivity index (χ1) is 8.70. The molecule has 1 unspecified atom stereocenters. The lowest BCUT2D eigenvalue weighted by Gasteiger charge is -2.17. The lowest BCUT2D eigenvalue weighted by atomic mass is 10.0. The number of halogens is 1. The molecule has 0 spiro atoms. The lowest BCUT2D eigenvalue weighted by molar-refractivity contribution is 0.315. The first-order valence-corrected chi connectivity index (χ1v) is 6.21. The Kier molecular flexibility index (Phi) is 3.99. The molecule has 2 rings (SSSR count). The molecule has 0 aliphatic carbocycles. The highest BCUT2D eigenvalue weighted by atomic mass is 79.9. The van der Waals surface area contributed by atoms with Gasteiger partial charge in [-0.15, -0.1) is 0 Å². The average molecular weight is 309 g/mol. The number of rotatable bonds is 4. The highest BCUT2D eigenvalue weighted by Crippen LogP contribution is 2.22. The minimum atomic E-state index is -0.0894. The van der Waals surface area contributed by atoms with Crippen molar-refractivity contribution in [3.05, 3.63) is 52.8 Å². The van der Waals surface area contributed by atoms with E-state index in [0.29, 0.717) is 6.42 Å². The summed E-state index contributed by atoms with van der Waals surface area (Å²) in [6.07, 6.45) is 3.97. The van der Waals surface area contributed by atoms with Gasteiger partial charge in [0, 0.05) is 12.6 Å². The van der Waals surface area contributed by atoms with Gasteiger partial charge in [0.2, 0.25) is 0 Å². The number of aromatic nitrogens is 2. The molecular formula is C12H13BrN4O. The van der Waals surface area contributed by atoms with Crippen LogP contribution in [0.5, 0.6) is 0 Å². The van der Waals surface area contributed by atoms with Crippen molar-refractivity contribution >= 4 is 21.8 Å². The summed E-state index contributed by atoms with van der Waals surface area (Å²) in [5, 5.41) is 16.0. The maximum absolute atomic E-state index is 8.71. The molecule has 0 saturated heterocycles. The van der Waals surface area contributed by atoms with Crippen molar-refractivity contribution in [1.29, 1.82) is 0 Å². The van der Waals surface area contributed by atoms with Crippen molar-refractivity contribution in [3.8, 4) is 0 Å². The van der Waals surface area contributed by atoms with Gasteiger partial charge in [-0.1, -0.05) is 35.5 Å². The summed E-state index contributed by atoms with van der Waals surface area (Å²) < 4.78 is 2.68. The van der Waals surface area contributed by atoms with Gasteiger partial charge in [0.15, 0.2) is 0 Å². The van der Waals surface area contributed by atoms with Crippen LogP contribution >= 0.6 is 15.9 Å². The van der Waals surface area contributed by atoms with Gasteiger partial charge in [0.1, 0.15) is 5.84 Å². The van der Waals surface area contributed by atoms with E-state index in [-0.39, 0.29) is 11.9 Å². The zero-order valence-electron chi connectivity index (χ0n) is 9.57. The van der Waals surface area contributed by atoms with Crippen LogP contribution in [0.3, 0.4) is 0 Å². The summed E-state index contributed by atoms with van der Waals surface area (Å²) in [6, 6.07) is 9.74. The Morgan fingerprint density at radius 2 is 2.17 bits per heavy atom. The number of benzene rings is 1. The zero-order valence-corrected chi connectivity index (χ0v) is 11.2. The maximum Gasteiger partial charge on any atom is 0.141 e. The maximum atomic E-state index is 8.71. The Morgan fingerprint density at radius 1 is 1.44 bits per heavy atom. The van der Waals surface area contributed by atoms with Crippen LogP contribution in [0.4, 0.5) is 0 Å². The molecule has 2 aromatic rings. The summed E-state index contributed by atoms with van der Waals surface area (Å²) in [5.74, 6) is 0.176. The number of nitrogens with two attached hydrogens (primary N) is 1. The molecule has 1 heterocycles. The summed E-state index contributed by atoms with van der Waals surface area (Å²) in [4.78, 5) is 0. The van der Waals surface area contributed by atoms with E-state index in [1.807, 2.05) is 36.5 Å². The van der Waals surface area contributed by atoms with Crippen LogP contribution in [0.1, 0.15) is 18.0 Å². The second kappa shape index (κ2) is 5.68. The molecule has 18 heavy (non-hydrogen) atoms. The molecule has 1 atom stereocenters. The normalized spacial score (nSPS) is 13.5. The van der Waals surface area contributed by atoms with Crippen molar-refractivity contribution in [3.63, 3.8) is 0 Å². The second-order valence-electron chi connectivity index (χ2n) is 3.86. The highest BCUT2D eigenvalue weighted by Gasteiger charge is 2.16. The van der Waals surface area contributed by atoms with E-state index < -0.39 is 0 Å². The fraction of sp³-hybridized carbons (Fsp3) is 0.167. The van der Waals surface area contributed by atoms with Crippen LogP contribution in [0.2, 0.25) is 0 Å². The molecule has 3 N–H and O–H groups in total. The van der Waals surface area contributed by atoms with Crippen LogP contribution in [0.15, 0.2) is 52.4 Å². The van der Waals surface area contributed by atoms with E-state index in [0.717, 1.165) is 10.0 Å². The fourth-order valence-electron chi connectivity index (χ4n) is 1.76. The van der Waals surface area contributed by atoms with E-state index in [1.54, 1.807) is 10.9 Å². The molecule has 0 bridgehead atoms. The standard InChI is InChI=1S/C12H13BrN4O/c13-10-7-15-17(8-10)11(6-12(14)16-18)9-4-2-1-3-5-9/h1-5,7-8,11,18H,6H2,(H2,14,16). The molecule has 0 aliphatic heterocycles. The molecule has 1 aromatic carbocycles. The van der Waals surface area contributed by atoms with E-state index in [4.69, 9.17) is 10.9 Å². The molecule has 0 radical (unpaired) electrons. The summed E-state index contributed by atoms with van der Waals surface area (Å²) in [7, 11) is 0. The predicted molar refractivity (Wildman–Crippen MR) is 72.5 cm³/mol. The van der Waals surface area contributed by atoms with Crippen molar-refractivity contribution in [2.45, 2.75) is 12.5 Å². The number of hydrogen-bond donors (Lipinski definition) is 2. The molecule has 0 aliphatic rings. The van der Waals surface area contributed by atoms with E-state index in [9.17, 15) is 0 Å². The quantitative estimate of drug-likeness (QED) is 0.394. The summed E-state index contributed by atoms with van der Waals surface area (Å²) in [5.41, 5.74) is 6.66. The van der Waals surface area contributed by atoms with Crippen molar-refractivity contribution in [2.75, 3.05) is 0 Å². The van der Waals surface area contributed by atoms with Gasteiger partial charge >= 0.3 is 0 Å². The Balaban J connectivity index is 2.35. The van der Waals surface area contributed by atoms with Gasteiger partial charge in [-0.25, -0.2) is 0 Å². The largest absolute Gasteiger partial charge is 0.409 e. The molecule has 0 fully saturated rings. The van der Waals surface area contributed by atoms with Crippen LogP contribution in [-0.2, 0) is 0 Å². The van der Waals surface area contributed by atoms with Crippen LogP contribution in [0, 0.1) is 0 Å². The third kappa shape index (κ3) is 2.89. The number of hydrogen-bond acceptors (Lipinski definition) is 3. The summed E-state index contributed by atoms with van der Waals surface area (Å²) in [6.45, 7) is 0. The number of oxime groups is 1. The smallest absolute Gasteiger partial charge is 0.141 e. The molecule has 5 nitrogen and oxygen atoms in total. The van der Waals surface area contributed by atoms with E-state index >= 15 is 0 Å². The highest BCUT2D eigenvalue weighted by molar-refractivity contribution is 9.10. The SMILES string of the molecule is NC(CC(c1ccccc1)n1cc(Br)cn1)=NO. The van der Waals surface area contributed by atoms with Gasteiger partial charge in [0.05, 0.1) is 16.7 Å². The minimum Gasteiger partial charge on any atom is -0.409 e. The molecule has 1 aromatic heterocycles. The predicted octanol–water partition coefficient (Wildman–Crippen LogP) is 2.37. The topological polar surface area (TPSA) is 76.4 Å². The number of nitrogens with zero attached hydrogens (tertiary/aromatic N) is 3. The first kappa shape index (κ1) is 12.6. The number of amidine groups is 1. The Labute approximate surface area is 113 Å². The van der Waals surface area contributed by atoms with E-state index in [1.165, 1.54) is 0 Å². The fourth-order valence-corrected chi connectivity index (χ4v) is 2.06. The van der Waals surface area contributed by atoms with Gasteiger partial charge in [-0.05, 0) is 21.5 Å². The van der Waals surface area contributed by atoms with Gasteiger partial charge in [-0.3, -0.25) is 4.68 Å². The van der Waals surface area contributed by atoms with Gasteiger partial charge in [-0.2, -0.15) is 5.10 Å². The first-order valence-electron chi connectivity index (χ1n) is 5.41. The van der Waals surface area contributed by atoms with Crippen LogP contribution in [0.25, 0.3) is 0 Å². The molecule has 0 amide bonds. The van der Waals surface area contributed by atoms with Crippen LogP contribution in [-0.4, -0.2) is 20.8 Å². The lowest BCUT2D eigenvalue weighted by Crippen LogP contribution is -2.21.